The largest absolute Gasteiger partial charge is 0.487 e. The summed E-state index contributed by atoms with van der Waals surface area (Å²) in [6.07, 6.45) is 3.46. The van der Waals surface area contributed by atoms with Gasteiger partial charge >= 0.3 is 0 Å². The number of nitrogens with zero attached hydrogens (tertiary/aromatic N) is 1. The Labute approximate surface area is 135 Å². The number of carbonyl (C=O) groups excluding carboxylic acids is 1. The van der Waals surface area contributed by atoms with Crippen molar-refractivity contribution in [3.8, 4) is 5.75 Å². The molecule has 0 spiro atoms. The van der Waals surface area contributed by atoms with E-state index < -0.39 is 0 Å². The number of carbonyl (C=O) groups is 1. The highest BCUT2D eigenvalue weighted by Crippen LogP contribution is 2.35. The summed E-state index contributed by atoms with van der Waals surface area (Å²) in [6, 6.07) is 18.1. The van der Waals surface area contributed by atoms with Gasteiger partial charge in [-0.2, -0.15) is 0 Å². The van der Waals surface area contributed by atoms with Crippen LogP contribution < -0.4 is 4.74 Å². The van der Waals surface area contributed by atoms with Gasteiger partial charge in [-0.1, -0.05) is 42.5 Å². The highest BCUT2D eigenvalue weighted by Gasteiger charge is 2.24. The third-order valence-electron chi connectivity index (χ3n) is 4.41. The first-order valence-corrected chi connectivity index (χ1v) is 8.09. The summed E-state index contributed by atoms with van der Waals surface area (Å²) in [6.45, 7) is 1.44. The second kappa shape index (κ2) is 5.92. The lowest BCUT2D eigenvalue weighted by molar-refractivity contribution is 0.111. The third-order valence-corrected chi connectivity index (χ3v) is 4.41. The lowest BCUT2D eigenvalue weighted by atomic mass is 10.2. The van der Waals surface area contributed by atoms with Gasteiger partial charge in [0.1, 0.15) is 12.4 Å². The topological polar surface area (TPSA) is 31.2 Å². The smallest absolute Gasteiger partial charge is 0.166 e. The van der Waals surface area contributed by atoms with Crippen LogP contribution in [0.2, 0.25) is 0 Å². The molecule has 1 heterocycles. The van der Waals surface area contributed by atoms with Gasteiger partial charge in [-0.15, -0.1) is 0 Å². The van der Waals surface area contributed by atoms with Gasteiger partial charge in [0.15, 0.2) is 6.29 Å². The minimum atomic E-state index is 0.533. The molecular formula is C20H19NO2. The van der Waals surface area contributed by atoms with Crippen LogP contribution in [0.5, 0.6) is 5.75 Å². The second-order valence-corrected chi connectivity index (χ2v) is 6.21. The molecule has 0 aliphatic heterocycles. The van der Waals surface area contributed by atoms with E-state index in [1.54, 1.807) is 0 Å². The van der Waals surface area contributed by atoms with Crippen molar-refractivity contribution in [1.29, 1.82) is 0 Å². The maximum absolute atomic E-state index is 11.4. The van der Waals surface area contributed by atoms with Crippen LogP contribution in [0.3, 0.4) is 0 Å². The second-order valence-electron chi connectivity index (χ2n) is 6.21. The van der Waals surface area contributed by atoms with Gasteiger partial charge in [0.25, 0.3) is 0 Å². The molecule has 116 valence electrons. The Morgan fingerprint density at radius 3 is 2.65 bits per heavy atom. The molecule has 0 bridgehead atoms. The number of rotatable bonds is 6. The summed E-state index contributed by atoms with van der Waals surface area (Å²) in [5, 5.41) is 1.07. The predicted octanol–water partition coefficient (Wildman–Crippen LogP) is 4.44. The van der Waals surface area contributed by atoms with E-state index >= 15 is 0 Å². The van der Waals surface area contributed by atoms with E-state index in [0.29, 0.717) is 12.5 Å². The summed E-state index contributed by atoms with van der Waals surface area (Å²) in [7, 11) is 0. The van der Waals surface area contributed by atoms with Crippen molar-refractivity contribution in [3.63, 3.8) is 0 Å². The van der Waals surface area contributed by atoms with Crippen molar-refractivity contribution in [2.75, 3.05) is 0 Å². The van der Waals surface area contributed by atoms with Crippen molar-refractivity contribution in [2.24, 2.45) is 5.92 Å². The Hall–Kier alpha value is -2.55. The zero-order valence-electron chi connectivity index (χ0n) is 12.9. The summed E-state index contributed by atoms with van der Waals surface area (Å²) in [5.74, 6) is 1.55. The van der Waals surface area contributed by atoms with Crippen LogP contribution in [-0.2, 0) is 13.2 Å². The Bertz CT molecular complexity index is 831. The maximum Gasteiger partial charge on any atom is 0.166 e. The molecule has 23 heavy (non-hydrogen) atoms. The first kappa shape index (κ1) is 14.1. The van der Waals surface area contributed by atoms with E-state index in [1.165, 1.54) is 12.8 Å². The molecule has 1 saturated carbocycles. The highest BCUT2D eigenvalue weighted by molar-refractivity contribution is 5.92. The number of fused-ring (bicyclic) bond motifs is 1. The van der Waals surface area contributed by atoms with E-state index in [2.05, 4.69) is 16.7 Å². The van der Waals surface area contributed by atoms with Crippen LogP contribution in [0.25, 0.3) is 10.9 Å². The van der Waals surface area contributed by atoms with Crippen LogP contribution in [0.15, 0.2) is 54.6 Å². The Kier molecular flexibility index (Phi) is 3.62. The molecule has 1 aliphatic carbocycles. The van der Waals surface area contributed by atoms with Crippen LogP contribution in [0.4, 0.5) is 0 Å². The molecule has 0 atom stereocenters. The third kappa shape index (κ3) is 2.87. The molecular weight excluding hydrogens is 286 g/mol. The number of benzene rings is 2. The Morgan fingerprint density at radius 2 is 1.91 bits per heavy atom. The molecule has 1 fully saturated rings. The van der Waals surface area contributed by atoms with Crippen LogP contribution in [0, 0.1) is 5.92 Å². The maximum atomic E-state index is 11.4. The molecule has 0 saturated heterocycles. The van der Waals surface area contributed by atoms with E-state index in [-0.39, 0.29) is 0 Å². The number of aromatic nitrogens is 1. The molecule has 0 amide bonds. The van der Waals surface area contributed by atoms with E-state index in [9.17, 15) is 4.79 Å². The summed E-state index contributed by atoms with van der Waals surface area (Å²) in [5.41, 5.74) is 2.92. The standard InChI is InChI=1S/C20H19NO2/c22-13-18-11-17-7-4-8-19(20(17)21(18)12-15-9-10-15)23-14-16-5-2-1-3-6-16/h1-8,11,13,15H,9-10,12,14H2. The lowest BCUT2D eigenvalue weighted by Gasteiger charge is -2.12. The zero-order valence-corrected chi connectivity index (χ0v) is 12.9. The number of hydrogen-bond donors (Lipinski definition) is 0. The first-order valence-electron chi connectivity index (χ1n) is 8.09. The molecule has 2 aromatic carbocycles. The van der Waals surface area contributed by atoms with Crippen LogP contribution >= 0.6 is 0 Å². The molecule has 3 aromatic rings. The molecule has 0 radical (unpaired) electrons. The number of ether oxygens (including phenoxy) is 1. The molecule has 3 heteroatoms. The van der Waals surface area contributed by atoms with Crippen molar-refractivity contribution >= 4 is 17.2 Å². The fourth-order valence-corrected chi connectivity index (χ4v) is 3.02. The van der Waals surface area contributed by atoms with E-state index in [1.807, 2.05) is 42.5 Å². The summed E-state index contributed by atoms with van der Waals surface area (Å²) >= 11 is 0. The molecule has 1 aromatic heterocycles. The van der Waals surface area contributed by atoms with Crippen molar-refractivity contribution < 1.29 is 9.53 Å². The summed E-state index contributed by atoms with van der Waals surface area (Å²) in [4.78, 5) is 11.4. The number of aldehydes is 1. The van der Waals surface area contributed by atoms with Gasteiger partial charge in [-0.3, -0.25) is 4.79 Å². The van der Waals surface area contributed by atoms with Gasteiger partial charge in [0.2, 0.25) is 0 Å². The molecule has 0 unspecified atom stereocenters. The minimum absolute atomic E-state index is 0.533. The van der Waals surface area contributed by atoms with Gasteiger partial charge in [-0.25, -0.2) is 0 Å². The number of para-hydroxylation sites is 1. The highest BCUT2D eigenvalue weighted by atomic mass is 16.5. The monoisotopic (exact) mass is 305 g/mol. The normalized spacial score (nSPS) is 14.1. The first-order chi connectivity index (χ1) is 11.3. The quantitative estimate of drug-likeness (QED) is 0.630. The minimum Gasteiger partial charge on any atom is -0.487 e. The summed E-state index contributed by atoms with van der Waals surface area (Å²) < 4.78 is 8.19. The average molecular weight is 305 g/mol. The van der Waals surface area contributed by atoms with E-state index in [0.717, 1.165) is 40.7 Å². The molecule has 3 nitrogen and oxygen atoms in total. The predicted molar refractivity (Wildman–Crippen MR) is 90.8 cm³/mol. The number of hydrogen-bond acceptors (Lipinski definition) is 2. The van der Waals surface area contributed by atoms with Crippen molar-refractivity contribution in [2.45, 2.75) is 26.0 Å². The fourth-order valence-electron chi connectivity index (χ4n) is 3.02. The molecule has 0 N–H and O–H groups in total. The molecule has 4 rings (SSSR count). The van der Waals surface area contributed by atoms with Gasteiger partial charge < -0.3 is 9.30 Å². The zero-order chi connectivity index (χ0) is 15.6. The lowest BCUT2D eigenvalue weighted by Crippen LogP contribution is -2.05. The van der Waals surface area contributed by atoms with Crippen LogP contribution in [-0.4, -0.2) is 10.9 Å². The molecule has 1 aliphatic rings. The Balaban J connectivity index is 1.70. The van der Waals surface area contributed by atoms with Gasteiger partial charge in [-0.05, 0) is 36.5 Å². The Morgan fingerprint density at radius 1 is 1.09 bits per heavy atom. The fraction of sp³-hybridized carbons (Fsp3) is 0.250. The van der Waals surface area contributed by atoms with E-state index in [4.69, 9.17) is 4.74 Å². The van der Waals surface area contributed by atoms with Gasteiger partial charge in [0.05, 0.1) is 11.2 Å². The average Bonchev–Trinajstić information content (AvgIpc) is 3.34. The van der Waals surface area contributed by atoms with Crippen LogP contribution in [0.1, 0.15) is 28.9 Å². The van der Waals surface area contributed by atoms with Gasteiger partial charge in [0, 0.05) is 11.9 Å². The SMILES string of the molecule is O=Cc1cc2cccc(OCc3ccccc3)c2n1CC1CC1. The van der Waals surface area contributed by atoms with Crippen molar-refractivity contribution in [3.05, 3.63) is 65.9 Å². The van der Waals surface area contributed by atoms with Crippen molar-refractivity contribution in [1.82, 2.24) is 4.57 Å².